The summed E-state index contributed by atoms with van der Waals surface area (Å²) in [5.74, 6) is 0. The van der Waals surface area contributed by atoms with Crippen molar-refractivity contribution in [2.75, 3.05) is 19.8 Å². The molecule has 0 bridgehead atoms. The number of alkyl halides is 3. The quantitative estimate of drug-likeness (QED) is 0.638. The Labute approximate surface area is 101 Å². The standard InChI is InChI=1S/C9H15F3N2O4/c1-5(9(10,11)12)18-4-13-6-2-14(8(16)17)3-7(6)15/h5-7,13,15H,2-4H2,1H3,(H,16,17)/t5-,6+,7+/m0/s1. The molecule has 0 aromatic carbocycles. The third kappa shape index (κ3) is 4.00. The van der Waals surface area contributed by atoms with Crippen LogP contribution in [0.25, 0.3) is 0 Å². The highest BCUT2D eigenvalue weighted by Gasteiger charge is 2.38. The number of carbonyl (C=O) groups is 1. The Hall–Kier alpha value is -1.06. The number of rotatable bonds is 4. The van der Waals surface area contributed by atoms with Crippen LogP contribution < -0.4 is 5.32 Å². The van der Waals surface area contributed by atoms with Crippen molar-refractivity contribution in [3.05, 3.63) is 0 Å². The molecule has 3 N–H and O–H groups in total. The number of aliphatic hydroxyl groups excluding tert-OH is 1. The molecule has 0 aromatic rings. The number of nitrogens with one attached hydrogen (secondary N) is 1. The number of carboxylic acid groups (broad SMARTS) is 1. The molecule has 0 aromatic heterocycles. The van der Waals surface area contributed by atoms with Crippen LogP contribution in [0.3, 0.4) is 0 Å². The van der Waals surface area contributed by atoms with E-state index in [9.17, 15) is 23.1 Å². The molecule has 1 heterocycles. The van der Waals surface area contributed by atoms with Crippen molar-refractivity contribution in [3.8, 4) is 0 Å². The molecular weight excluding hydrogens is 257 g/mol. The van der Waals surface area contributed by atoms with E-state index >= 15 is 0 Å². The molecule has 0 aliphatic carbocycles. The zero-order valence-electron chi connectivity index (χ0n) is 9.65. The summed E-state index contributed by atoms with van der Waals surface area (Å²) in [7, 11) is 0. The number of hydrogen-bond donors (Lipinski definition) is 3. The van der Waals surface area contributed by atoms with Crippen LogP contribution in [0, 0.1) is 0 Å². The first-order chi connectivity index (χ1) is 8.21. The molecule has 6 nitrogen and oxygen atoms in total. The molecule has 0 radical (unpaired) electrons. The number of amides is 1. The second-order valence-corrected chi connectivity index (χ2v) is 4.06. The van der Waals surface area contributed by atoms with Crippen LogP contribution in [0.15, 0.2) is 0 Å². The summed E-state index contributed by atoms with van der Waals surface area (Å²) in [4.78, 5) is 11.6. The molecule has 1 aliphatic heterocycles. The van der Waals surface area contributed by atoms with Gasteiger partial charge >= 0.3 is 12.3 Å². The largest absolute Gasteiger partial charge is 0.465 e. The average Bonchev–Trinajstić information content (AvgIpc) is 2.59. The smallest absolute Gasteiger partial charge is 0.414 e. The summed E-state index contributed by atoms with van der Waals surface area (Å²) >= 11 is 0. The first-order valence-corrected chi connectivity index (χ1v) is 5.29. The number of β-amino-alcohol motifs (C(OH)–C–C–N with tert-alkyl or cyclic N) is 1. The average molecular weight is 272 g/mol. The summed E-state index contributed by atoms with van der Waals surface area (Å²) in [6.45, 7) is 0.411. The van der Waals surface area contributed by atoms with Gasteiger partial charge in [0.05, 0.1) is 25.4 Å². The Kier molecular flexibility index (Phi) is 4.77. The molecule has 9 heteroatoms. The molecule has 1 rings (SSSR count). The normalized spacial score (nSPS) is 26.4. The van der Waals surface area contributed by atoms with Gasteiger partial charge in [-0.15, -0.1) is 0 Å². The van der Waals surface area contributed by atoms with Gasteiger partial charge in [-0.2, -0.15) is 13.2 Å². The van der Waals surface area contributed by atoms with E-state index in [-0.39, 0.29) is 13.1 Å². The highest BCUT2D eigenvalue weighted by molar-refractivity contribution is 5.65. The van der Waals surface area contributed by atoms with Crippen LogP contribution in [0.1, 0.15) is 6.92 Å². The van der Waals surface area contributed by atoms with Gasteiger partial charge in [0.1, 0.15) is 0 Å². The minimum absolute atomic E-state index is 0.0141. The molecule has 1 amide bonds. The van der Waals surface area contributed by atoms with Crippen LogP contribution in [-0.4, -0.2) is 65.5 Å². The van der Waals surface area contributed by atoms with Crippen LogP contribution in [0.4, 0.5) is 18.0 Å². The number of hydrogen-bond acceptors (Lipinski definition) is 4. The lowest BCUT2D eigenvalue weighted by atomic mass is 10.2. The molecule has 0 saturated carbocycles. The van der Waals surface area contributed by atoms with E-state index in [2.05, 4.69) is 10.1 Å². The molecule has 0 spiro atoms. The van der Waals surface area contributed by atoms with Crippen LogP contribution >= 0.6 is 0 Å². The van der Waals surface area contributed by atoms with E-state index < -0.39 is 37.3 Å². The second-order valence-electron chi connectivity index (χ2n) is 4.06. The van der Waals surface area contributed by atoms with E-state index in [0.29, 0.717) is 0 Å². The number of ether oxygens (including phenoxy) is 1. The van der Waals surface area contributed by atoms with Crippen molar-refractivity contribution >= 4 is 6.09 Å². The highest BCUT2D eigenvalue weighted by atomic mass is 19.4. The maximum absolute atomic E-state index is 12.1. The Balaban J connectivity index is 2.30. The lowest BCUT2D eigenvalue weighted by Crippen LogP contribution is -2.42. The second kappa shape index (κ2) is 5.72. The van der Waals surface area contributed by atoms with E-state index in [4.69, 9.17) is 5.11 Å². The third-order valence-corrected chi connectivity index (χ3v) is 2.70. The number of aliphatic hydroxyl groups is 1. The third-order valence-electron chi connectivity index (χ3n) is 2.70. The van der Waals surface area contributed by atoms with Gasteiger partial charge in [0.25, 0.3) is 0 Å². The summed E-state index contributed by atoms with van der Waals surface area (Å²) < 4.78 is 40.8. The van der Waals surface area contributed by atoms with Gasteiger partial charge in [-0.05, 0) is 6.92 Å². The molecular formula is C9H15F3N2O4. The van der Waals surface area contributed by atoms with Crippen LogP contribution in [0.2, 0.25) is 0 Å². The molecule has 1 fully saturated rings. The predicted octanol–water partition coefficient (Wildman–Crippen LogP) is 0.224. The van der Waals surface area contributed by atoms with E-state index in [0.717, 1.165) is 11.8 Å². The number of nitrogens with zero attached hydrogens (tertiary/aromatic N) is 1. The molecule has 3 atom stereocenters. The number of halogens is 3. The summed E-state index contributed by atoms with van der Waals surface area (Å²) in [6, 6.07) is -0.624. The van der Waals surface area contributed by atoms with Gasteiger partial charge in [-0.3, -0.25) is 5.32 Å². The minimum Gasteiger partial charge on any atom is -0.465 e. The molecule has 18 heavy (non-hydrogen) atoms. The monoisotopic (exact) mass is 272 g/mol. The van der Waals surface area contributed by atoms with Crippen molar-refractivity contribution in [2.24, 2.45) is 0 Å². The predicted molar refractivity (Wildman–Crippen MR) is 54.0 cm³/mol. The van der Waals surface area contributed by atoms with E-state index in [1.165, 1.54) is 0 Å². The van der Waals surface area contributed by atoms with Crippen molar-refractivity contribution in [1.29, 1.82) is 0 Å². The first-order valence-electron chi connectivity index (χ1n) is 5.29. The van der Waals surface area contributed by atoms with Gasteiger partial charge in [-0.1, -0.05) is 0 Å². The SMILES string of the molecule is C[C@H](OCN[C@@H]1CN(C(=O)O)C[C@H]1O)C(F)(F)F. The maximum Gasteiger partial charge on any atom is 0.414 e. The van der Waals surface area contributed by atoms with Crippen LogP contribution in [0.5, 0.6) is 0 Å². The van der Waals surface area contributed by atoms with E-state index in [1.54, 1.807) is 0 Å². The van der Waals surface area contributed by atoms with Gasteiger partial charge in [0.2, 0.25) is 0 Å². The van der Waals surface area contributed by atoms with Crippen LogP contribution in [-0.2, 0) is 4.74 Å². The summed E-state index contributed by atoms with van der Waals surface area (Å²) in [5, 5.41) is 20.7. The Morgan fingerprint density at radius 1 is 1.56 bits per heavy atom. The maximum atomic E-state index is 12.1. The number of likely N-dealkylation sites (tertiary alicyclic amines) is 1. The Morgan fingerprint density at radius 3 is 2.61 bits per heavy atom. The highest BCUT2D eigenvalue weighted by Crippen LogP contribution is 2.22. The Morgan fingerprint density at radius 2 is 2.17 bits per heavy atom. The summed E-state index contributed by atoms with van der Waals surface area (Å²) in [6.07, 6.45) is -8.49. The van der Waals surface area contributed by atoms with E-state index in [1.807, 2.05) is 0 Å². The molecule has 1 saturated heterocycles. The zero-order chi connectivity index (χ0) is 13.9. The fourth-order valence-electron chi connectivity index (χ4n) is 1.52. The first kappa shape index (κ1) is 15.0. The fourth-order valence-corrected chi connectivity index (χ4v) is 1.52. The summed E-state index contributed by atoms with van der Waals surface area (Å²) in [5.41, 5.74) is 0. The van der Waals surface area contributed by atoms with Gasteiger partial charge in [-0.25, -0.2) is 4.79 Å². The molecule has 106 valence electrons. The lowest BCUT2D eigenvalue weighted by Gasteiger charge is -2.20. The molecule has 0 unspecified atom stereocenters. The van der Waals surface area contributed by atoms with Crippen molar-refractivity contribution in [1.82, 2.24) is 10.2 Å². The molecule has 1 aliphatic rings. The zero-order valence-corrected chi connectivity index (χ0v) is 9.65. The lowest BCUT2D eigenvalue weighted by molar-refractivity contribution is -0.216. The van der Waals surface area contributed by atoms with Gasteiger partial charge < -0.3 is 19.8 Å². The van der Waals surface area contributed by atoms with Crippen molar-refractivity contribution in [3.63, 3.8) is 0 Å². The fraction of sp³-hybridized carbons (Fsp3) is 0.889. The Bertz CT molecular complexity index is 300. The van der Waals surface area contributed by atoms with Gasteiger partial charge in [0, 0.05) is 6.54 Å². The van der Waals surface area contributed by atoms with Crippen molar-refractivity contribution in [2.45, 2.75) is 31.3 Å². The minimum atomic E-state index is -4.44. The topological polar surface area (TPSA) is 82.0 Å². The van der Waals surface area contributed by atoms with Crippen molar-refractivity contribution < 1.29 is 32.9 Å². The van der Waals surface area contributed by atoms with Gasteiger partial charge in [0.15, 0.2) is 6.10 Å².